The lowest BCUT2D eigenvalue weighted by Crippen LogP contribution is -2.27. The van der Waals surface area contributed by atoms with Crippen LogP contribution < -0.4 is 10.1 Å². The largest absolute Gasteiger partial charge is 0.497 e. The molecule has 1 amide bonds. The van der Waals surface area contributed by atoms with E-state index >= 15 is 0 Å². The number of benzene rings is 1. The number of pyridine rings is 1. The van der Waals surface area contributed by atoms with Gasteiger partial charge in [-0.1, -0.05) is 30.8 Å². The molecule has 1 atom stereocenters. The van der Waals surface area contributed by atoms with E-state index < -0.39 is 0 Å². The molecule has 5 nitrogen and oxygen atoms in total. The molecule has 1 aliphatic carbocycles. The summed E-state index contributed by atoms with van der Waals surface area (Å²) in [7, 11) is 1.64. The fourth-order valence-corrected chi connectivity index (χ4v) is 4.15. The normalized spacial score (nSPS) is 15.4. The summed E-state index contributed by atoms with van der Waals surface area (Å²) in [5.41, 5.74) is 3.98. The first-order valence-corrected chi connectivity index (χ1v) is 10.5. The van der Waals surface area contributed by atoms with Gasteiger partial charge in [0.1, 0.15) is 16.8 Å². The third kappa shape index (κ3) is 5.26. The number of rotatable bonds is 7. The lowest BCUT2D eigenvalue weighted by Gasteiger charge is -2.21. The van der Waals surface area contributed by atoms with E-state index in [-0.39, 0.29) is 11.7 Å². The van der Waals surface area contributed by atoms with Gasteiger partial charge in [-0.3, -0.25) is 4.79 Å². The second-order valence-corrected chi connectivity index (χ2v) is 8.11. The van der Waals surface area contributed by atoms with Crippen LogP contribution >= 0.6 is 11.8 Å². The molecule has 1 unspecified atom stereocenters. The highest BCUT2D eigenvalue weighted by Gasteiger charge is 2.19. The molecule has 1 heterocycles. The predicted molar refractivity (Wildman–Crippen MR) is 111 cm³/mol. The van der Waals surface area contributed by atoms with Crippen LogP contribution in [0.4, 0.5) is 0 Å². The van der Waals surface area contributed by atoms with Crippen molar-refractivity contribution in [1.29, 1.82) is 5.26 Å². The Balaban J connectivity index is 1.50. The van der Waals surface area contributed by atoms with Crippen molar-refractivity contribution >= 4 is 17.7 Å². The number of hydrogen-bond acceptors (Lipinski definition) is 5. The number of aryl methyl sites for hydroxylation is 1. The van der Waals surface area contributed by atoms with Gasteiger partial charge in [0.25, 0.3) is 0 Å². The number of nitriles is 1. The van der Waals surface area contributed by atoms with Gasteiger partial charge in [0, 0.05) is 12.2 Å². The molecule has 0 fully saturated rings. The SMILES string of the molecule is COc1ccc(CCNC(=O)CSc2nc3c(cc2C#N)CC(C)CC3)cc1. The summed E-state index contributed by atoms with van der Waals surface area (Å²) < 4.78 is 5.14. The van der Waals surface area contributed by atoms with Crippen molar-refractivity contribution in [2.75, 3.05) is 19.4 Å². The maximum Gasteiger partial charge on any atom is 0.230 e. The van der Waals surface area contributed by atoms with Gasteiger partial charge < -0.3 is 10.1 Å². The monoisotopic (exact) mass is 395 g/mol. The number of carbonyl (C=O) groups is 1. The molecule has 0 bridgehead atoms. The molecule has 28 heavy (non-hydrogen) atoms. The van der Waals surface area contributed by atoms with Crippen molar-refractivity contribution in [1.82, 2.24) is 10.3 Å². The summed E-state index contributed by atoms with van der Waals surface area (Å²) in [6.07, 6.45) is 3.82. The van der Waals surface area contributed by atoms with E-state index in [0.717, 1.165) is 42.7 Å². The van der Waals surface area contributed by atoms with Gasteiger partial charge in [0.15, 0.2) is 0 Å². The van der Waals surface area contributed by atoms with Gasteiger partial charge in [-0.15, -0.1) is 0 Å². The highest BCUT2D eigenvalue weighted by molar-refractivity contribution is 8.00. The minimum absolute atomic E-state index is 0.0458. The van der Waals surface area contributed by atoms with E-state index in [1.54, 1.807) is 7.11 Å². The average molecular weight is 396 g/mol. The molecule has 0 saturated heterocycles. The summed E-state index contributed by atoms with van der Waals surface area (Å²) in [6, 6.07) is 12.0. The number of thioether (sulfide) groups is 1. The Morgan fingerprint density at radius 3 is 2.89 bits per heavy atom. The Morgan fingerprint density at radius 1 is 1.39 bits per heavy atom. The summed E-state index contributed by atoms with van der Waals surface area (Å²) in [4.78, 5) is 16.9. The van der Waals surface area contributed by atoms with Crippen LogP contribution in [-0.2, 0) is 24.1 Å². The zero-order valence-corrected chi connectivity index (χ0v) is 17.1. The van der Waals surface area contributed by atoms with Crippen LogP contribution in [0.5, 0.6) is 5.75 Å². The van der Waals surface area contributed by atoms with Crippen LogP contribution in [0.15, 0.2) is 35.4 Å². The van der Waals surface area contributed by atoms with Crippen LogP contribution in [0, 0.1) is 17.2 Å². The average Bonchev–Trinajstić information content (AvgIpc) is 2.72. The summed E-state index contributed by atoms with van der Waals surface area (Å²) >= 11 is 1.34. The van der Waals surface area contributed by atoms with Crippen LogP contribution in [0.1, 0.15) is 35.7 Å². The lowest BCUT2D eigenvalue weighted by molar-refractivity contribution is -0.118. The number of fused-ring (bicyclic) bond motifs is 1. The molecule has 6 heteroatoms. The number of amides is 1. The topological polar surface area (TPSA) is 75.0 Å². The zero-order valence-electron chi connectivity index (χ0n) is 16.3. The molecule has 1 aromatic carbocycles. The molecule has 1 aromatic heterocycles. The number of aromatic nitrogens is 1. The molecule has 0 aliphatic heterocycles. The van der Waals surface area contributed by atoms with Gasteiger partial charge in [-0.05, 0) is 60.9 Å². The summed E-state index contributed by atoms with van der Waals surface area (Å²) in [6.45, 7) is 2.81. The Kier molecular flexibility index (Phi) is 6.94. The first-order chi connectivity index (χ1) is 13.6. The molecule has 0 radical (unpaired) electrons. The first-order valence-electron chi connectivity index (χ1n) is 9.54. The number of ether oxygens (including phenoxy) is 1. The van der Waals surface area contributed by atoms with Crippen molar-refractivity contribution in [2.24, 2.45) is 5.92 Å². The Morgan fingerprint density at radius 2 is 2.18 bits per heavy atom. The molecular weight excluding hydrogens is 370 g/mol. The Labute approximate surface area is 170 Å². The molecule has 146 valence electrons. The molecule has 1 N–H and O–H groups in total. The maximum absolute atomic E-state index is 12.2. The highest BCUT2D eigenvalue weighted by atomic mass is 32.2. The van der Waals surface area contributed by atoms with Crippen LogP contribution in [0.25, 0.3) is 0 Å². The van der Waals surface area contributed by atoms with E-state index in [9.17, 15) is 10.1 Å². The number of methoxy groups -OCH3 is 1. The summed E-state index contributed by atoms with van der Waals surface area (Å²) in [5, 5.41) is 13.0. The van der Waals surface area contributed by atoms with Gasteiger partial charge in [0.2, 0.25) is 5.91 Å². The van der Waals surface area contributed by atoms with Crippen molar-refractivity contribution in [3.8, 4) is 11.8 Å². The zero-order chi connectivity index (χ0) is 19.9. The van der Waals surface area contributed by atoms with Crippen LogP contribution in [-0.4, -0.2) is 30.3 Å². The van der Waals surface area contributed by atoms with E-state index in [1.165, 1.54) is 17.3 Å². The van der Waals surface area contributed by atoms with E-state index in [1.807, 2.05) is 30.3 Å². The van der Waals surface area contributed by atoms with Gasteiger partial charge in [0.05, 0.1) is 18.4 Å². The fourth-order valence-electron chi connectivity index (χ4n) is 3.34. The predicted octanol–water partition coefficient (Wildman–Crippen LogP) is 3.54. The third-order valence-corrected chi connectivity index (χ3v) is 5.94. The minimum atomic E-state index is -0.0458. The van der Waals surface area contributed by atoms with E-state index in [2.05, 4.69) is 23.3 Å². The van der Waals surface area contributed by atoms with Crippen LogP contribution in [0.2, 0.25) is 0 Å². The lowest BCUT2D eigenvalue weighted by atomic mass is 9.87. The molecular formula is C22H25N3O2S. The Bertz CT molecular complexity index is 875. The quantitative estimate of drug-likeness (QED) is 0.726. The number of nitrogens with one attached hydrogen (secondary N) is 1. The summed E-state index contributed by atoms with van der Waals surface area (Å²) in [5.74, 6) is 1.68. The smallest absolute Gasteiger partial charge is 0.230 e. The van der Waals surface area contributed by atoms with Crippen LogP contribution in [0.3, 0.4) is 0 Å². The van der Waals surface area contributed by atoms with E-state index in [4.69, 9.17) is 4.74 Å². The maximum atomic E-state index is 12.2. The first kappa shape index (κ1) is 20.2. The minimum Gasteiger partial charge on any atom is -0.497 e. The number of nitrogens with zero attached hydrogens (tertiary/aromatic N) is 2. The third-order valence-electron chi connectivity index (χ3n) is 4.95. The number of hydrogen-bond donors (Lipinski definition) is 1. The second kappa shape index (κ2) is 9.61. The highest BCUT2D eigenvalue weighted by Crippen LogP contribution is 2.29. The molecule has 0 saturated carbocycles. The Hall–Kier alpha value is -2.52. The molecule has 1 aliphatic rings. The van der Waals surface area contributed by atoms with Gasteiger partial charge in [-0.2, -0.15) is 5.26 Å². The van der Waals surface area contributed by atoms with Crippen molar-refractivity contribution < 1.29 is 9.53 Å². The van der Waals surface area contributed by atoms with Crippen molar-refractivity contribution in [3.63, 3.8) is 0 Å². The molecule has 3 rings (SSSR count). The van der Waals surface area contributed by atoms with Crippen molar-refractivity contribution in [3.05, 3.63) is 52.7 Å². The van der Waals surface area contributed by atoms with Gasteiger partial charge >= 0.3 is 0 Å². The van der Waals surface area contributed by atoms with Crippen molar-refractivity contribution in [2.45, 2.75) is 37.6 Å². The number of carbonyl (C=O) groups excluding carboxylic acids is 1. The molecule has 0 spiro atoms. The standard InChI is InChI=1S/C22H25N3O2S/c1-15-3-8-20-17(11-15)12-18(13-23)22(25-20)28-14-21(26)24-10-9-16-4-6-19(27-2)7-5-16/h4-7,12,15H,3,8-11,14H2,1-2H3,(H,24,26). The molecule has 2 aromatic rings. The fraction of sp³-hybridized carbons (Fsp3) is 0.409. The second-order valence-electron chi connectivity index (χ2n) is 7.14. The van der Waals surface area contributed by atoms with Gasteiger partial charge in [-0.25, -0.2) is 4.98 Å². The van der Waals surface area contributed by atoms with E-state index in [0.29, 0.717) is 23.1 Å².